The van der Waals surface area contributed by atoms with Gasteiger partial charge in [-0.2, -0.15) is 13.2 Å². The molecule has 16 heteroatoms. The van der Waals surface area contributed by atoms with Crippen LogP contribution in [-0.4, -0.2) is 73.7 Å². The van der Waals surface area contributed by atoms with Crippen molar-refractivity contribution in [3.63, 3.8) is 0 Å². The molecule has 0 radical (unpaired) electrons. The number of ether oxygens (including phenoxy) is 2. The first-order valence-corrected chi connectivity index (χ1v) is 17.7. The molecule has 5 rings (SSSR count). The zero-order valence-electron chi connectivity index (χ0n) is 28.8. The molecule has 1 saturated heterocycles. The van der Waals surface area contributed by atoms with Crippen LogP contribution in [0.25, 0.3) is 5.82 Å². The van der Waals surface area contributed by atoms with Crippen molar-refractivity contribution in [3.8, 4) is 11.7 Å². The molecule has 0 spiro atoms. The number of nitrogens with zero attached hydrogens (tertiary/aromatic N) is 5. The van der Waals surface area contributed by atoms with Crippen molar-refractivity contribution in [1.82, 2.24) is 29.4 Å². The molecule has 0 aromatic carbocycles. The van der Waals surface area contributed by atoms with Crippen LogP contribution in [0, 0.1) is 11.3 Å². The molecule has 4 heterocycles. The van der Waals surface area contributed by atoms with Crippen LogP contribution in [0.1, 0.15) is 83.5 Å². The molecule has 2 fully saturated rings. The molecule has 1 aliphatic carbocycles. The molecule has 2 amide bonds. The van der Waals surface area contributed by atoms with Gasteiger partial charge in [0.2, 0.25) is 5.88 Å². The number of rotatable bonds is 13. The Kier molecular flexibility index (Phi) is 11.2. The summed E-state index contributed by atoms with van der Waals surface area (Å²) in [4.78, 5) is 36.8. The second-order valence-corrected chi connectivity index (χ2v) is 15.7. The third-order valence-corrected chi connectivity index (χ3v) is 9.88. The first-order valence-electron chi connectivity index (χ1n) is 16.5. The van der Waals surface area contributed by atoms with Gasteiger partial charge >= 0.3 is 12.3 Å². The van der Waals surface area contributed by atoms with Gasteiger partial charge in [-0.25, -0.2) is 19.4 Å². The van der Waals surface area contributed by atoms with E-state index in [-0.39, 0.29) is 54.1 Å². The fraction of sp³-hybridized carbons (Fsp3) is 0.559. The van der Waals surface area contributed by atoms with Gasteiger partial charge in [-0.3, -0.25) is 9.52 Å². The van der Waals surface area contributed by atoms with Crippen LogP contribution in [0.5, 0.6) is 5.88 Å². The van der Waals surface area contributed by atoms with Gasteiger partial charge in [0, 0.05) is 42.0 Å². The number of aromatic nitrogens is 4. The topological polar surface area (TPSA) is 124 Å². The highest BCUT2D eigenvalue weighted by atomic mass is 35.5. The Morgan fingerprint density at radius 2 is 1.88 bits per heavy atom. The summed E-state index contributed by atoms with van der Waals surface area (Å²) in [6.07, 6.45) is 1.65. The Balaban J connectivity index is 1.03. The summed E-state index contributed by atoms with van der Waals surface area (Å²) in [6.45, 7) is 11.1. The standard InChI is InChI=1S/C34H43ClF3N7O4S/c1-31(2,3)49-30(47)44-21-22(19-32(44,4)5)7-6-16-39-25-10-8-23(20-40-25)50-43-29(46)24-9-11-26(41-28(24)35)45-17-12-27(42-45)48-18-15-33(13-14-33)34(36,37)38/h8-12,17,20,22H,6-7,13-16,18-19,21H2,1-5H3,(H,39,40)(H,43,46). The lowest BCUT2D eigenvalue weighted by atomic mass is 9.93. The summed E-state index contributed by atoms with van der Waals surface area (Å²) in [6, 6.07) is 8.26. The van der Waals surface area contributed by atoms with E-state index in [2.05, 4.69) is 39.0 Å². The molecule has 1 aliphatic heterocycles. The fourth-order valence-corrected chi connectivity index (χ4v) is 6.74. The van der Waals surface area contributed by atoms with E-state index in [1.54, 1.807) is 18.5 Å². The van der Waals surface area contributed by atoms with Crippen LogP contribution < -0.4 is 14.8 Å². The predicted octanol–water partition coefficient (Wildman–Crippen LogP) is 8.09. The molecular formula is C34H43ClF3N7O4S. The molecule has 272 valence electrons. The number of amides is 2. The molecule has 1 saturated carbocycles. The van der Waals surface area contributed by atoms with Gasteiger partial charge in [-0.05, 0) is 115 Å². The zero-order valence-corrected chi connectivity index (χ0v) is 30.3. The maximum Gasteiger partial charge on any atom is 0.410 e. The number of hydrogen-bond donors (Lipinski definition) is 2. The SMILES string of the molecule is CC(C)(C)OC(=O)N1CC(CCCNc2ccc(SNC(=O)c3ccc(-n4ccc(OCCC5(C(F)(F)F)CC5)n4)nc3Cl)cn2)CC1(C)C. The van der Waals surface area contributed by atoms with E-state index in [1.807, 2.05) is 37.8 Å². The molecule has 3 aromatic rings. The van der Waals surface area contributed by atoms with E-state index in [1.165, 1.54) is 16.8 Å². The number of anilines is 1. The average molecular weight is 738 g/mol. The third-order valence-electron chi connectivity index (χ3n) is 8.83. The van der Waals surface area contributed by atoms with Crippen molar-refractivity contribution in [2.75, 3.05) is 25.0 Å². The molecular weight excluding hydrogens is 695 g/mol. The summed E-state index contributed by atoms with van der Waals surface area (Å²) in [5, 5.41) is 7.49. The number of likely N-dealkylation sites (tertiary alicyclic amines) is 1. The summed E-state index contributed by atoms with van der Waals surface area (Å²) >= 11 is 7.41. The Morgan fingerprint density at radius 3 is 2.52 bits per heavy atom. The van der Waals surface area contributed by atoms with E-state index in [0.29, 0.717) is 29.0 Å². The quantitative estimate of drug-likeness (QED) is 0.102. The molecule has 50 heavy (non-hydrogen) atoms. The summed E-state index contributed by atoms with van der Waals surface area (Å²) in [5.41, 5.74) is -2.26. The Morgan fingerprint density at radius 1 is 1.12 bits per heavy atom. The third kappa shape index (κ3) is 9.53. The minimum atomic E-state index is -4.23. The number of hydrogen-bond acceptors (Lipinski definition) is 9. The number of alkyl halides is 3. The zero-order chi connectivity index (χ0) is 36.3. The molecule has 2 aliphatic rings. The molecule has 3 aromatic heterocycles. The maximum absolute atomic E-state index is 13.1. The second-order valence-electron chi connectivity index (χ2n) is 14.4. The summed E-state index contributed by atoms with van der Waals surface area (Å²) < 4.78 is 54.6. The van der Waals surface area contributed by atoms with Crippen molar-refractivity contribution >= 4 is 41.4 Å². The van der Waals surface area contributed by atoms with E-state index >= 15 is 0 Å². The van der Waals surface area contributed by atoms with Crippen LogP contribution in [0.4, 0.5) is 23.8 Å². The van der Waals surface area contributed by atoms with Crippen LogP contribution in [0.2, 0.25) is 5.15 Å². The molecule has 2 N–H and O–H groups in total. The predicted molar refractivity (Wildman–Crippen MR) is 185 cm³/mol. The molecule has 0 bridgehead atoms. The normalized spacial score (nSPS) is 18.1. The fourth-order valence-electron chi connectivity index (χ4n) is 5.94. The van der Waals surface area contributed by atoms with Crippen LogP contribution >= 0.6 is 23.5 Å². The summed E-state index contributed by atoms with van der Waals surface area (Å²) in [7, 11) is 0. The number of carbonyl (C=O) groups excluding carboxylic acids is 2. The minimum absolute atomic E-state index is 0.0455. The Bertz CT molecular complexity index is 1660. The molecule has 1 unspecified atom stereocenters. The minimum Gasteiger partial charge on any atom is -0.477 e. The second kappa shape index (κ2) is 14.9. The van der Waals surface area contributed by atoms with Gasteiger partial charge in [0.1, 0.15) is 16.6 Å². The van der Waals surface area contributed by atoms with Crippen LogP contribution in [0.15, 0.2) is 47.6 Å². The van der Waals surface area contributed by atoms with Gasteiger partial charge in [0.05, 0.1) is 17.6 Å². The van der Waals surface area contributed by atoms with E-state index in [0.717, 1.165) is 37.8 Å². The molecule has 11 nitrogen and oxygen atoms in total. The van der Waals surface area contributed by atoms with E-state index < -0.39 is 23.1 Å². The lowest BCUT2D eigenvalue weighted by molar-refractivity contribution is -0.190. The highest BCUT2D eigenvalue weighted by Gasteiger charge is 2.62. The van der Waals surface area contributed by atoms with Gasteiger partial charge in [-0.15, -0.1) is 5.10 Å². The van der Waals surface area contributed by atoms with Crippen LogP contribution in [-0.2, 0) is 4.74 Å². The van der Waals surface area contributed by atoms with Crippen LogP contribution in [0.3, 0.4) is 0 Å². The maximum atomic E-state index is 13.1. The Hall–Kier alpha value is -3.72. The highest BCUT2D eigenvalue weighted by molar-refractivity contribution is 7.98. The Labute approximate surface area is 299 Å². The lowest BCUT2D eigenvalue weighted by Gasteiger charge is -2.33. The van der Waals surface area contributed by atoms with Gasteiger partial charge in [0.15, 0.2) is 5.82 Å². The largest absolute Gasteiger partial charge is 0.477 e. The van der Waals surface area contributed by atoms with E-state index in [4.69, 9.17) is 21.1 Å². The van der Waals surface area contributed by atoms with Gasteiger partial charge in [0.25, 0.3) is 5.91 Å². The number of nitrogens with one attached hydrogen (secondary N) is 2. The lowest BCUT2D eigenvalue weighted by Crippen LogP contribution is -2.45. The number of carbonyl (C=O) groups is 2. The molecule has 1 atom stereocenters. The highest BCUT2D eigenvalue weighted by Crippen LogP contribution is 2.59. The van der Waals surface area contributed by atoms with Gasteiger partial charge < -0.3 is 19.7 Å². The summed E-state index contributed by atoms with van der Waals surface area (Å²) in [5.74, 6) is 1.13. The van der Waals surface area contributed by atoms with Crippen molar-refractivity contribution in [3.05, 3.63) is 53.4 Å². The van der Waals surface area contributed by atoms with E-state index in [9.17, 15) is 22.8 Å². The van der Waals surface area contributed by atoms with Crippen molar-refractivity contribution < 1.29 is 32.2 Å². The van der Waals surface area contributed by atoms with Gasteiger partial charge in [-0.1, -0.05) is 11.6 Å². The number of halogens is 4. The smallest absolute Gasteiger partial charge is 0.410 e. The monoisotopic (exact) mass is 737 g/mol. The van der Waals surface area contributed by atoms with Crippen molar-refractivity contribution in [2.24, 2.45) is 11.3 Å². The first kappa shape index (κ1) is 37.5. The van der Waals surface area contributed by atoms with Crippen molar-refractivity contribution in [2.45, 2.75) is 95.4 Å². The first-order chi connectivity index (χ1) is 23.4. The number of pyridine rings is 2. The average Bonchev–Trinajstić information content (AvgIpc) is 3.57. The van der Waals surface area contributed by atoms with Crippen molar-refractivity contribution in [1.29, 1.82) is 0 Å².